The van der Waals surface area contributed by atoms with Crippen LogP contribution in [0.2, 0.25) is 5.02 Å². The molecular weight excluding hydrogens is 256 g/mol. The second kappa shape index (κ2) is 4.42. The van der Waals surface area contributed by atoms with Gasteiger partial charge in [0.15, 0.2) is 0 Å². The van der Waals surface area contributed by atoms with E-state index < -0.39 is 17.8 Å². The fraction of sp³-hybridized carbons (Fsp3) is 0.250. The Kier molecular flexibility index (Phi) is 3.09. The van der Waals surface area contributed by atoms with Crippen LogP contribution in [-0.4, -0.2) is 28.8 Å². The number of anilines is 1. The first-order valence-corrected chi connectivity index (χ1v) is 5.78. The molecule has 2 rings (SSSR count). The molecule has 94 valence electrons. The molecule has 0 atom stereocenters. The van der Waals surface area contributed by atoms with Crippen molar-refractivity contribution < 1.29 is 14.4 Å². The normalized spacial score (nSPS) is 16.1. The summed E-state index contributed by atoms with van der Waals surface area (Å²) < 4.78 is 0. The molecule has 0 bridgehead atoms. The zero-order valence-electron chi connectivity index (χ0n) is 9.88. The third-order valence-electron chi connectivity index (χ3n) is 2.60. The van der Waals surface area contributed by atoms with Crippen LogP contribution < -0.4 is 4.90 Å². The van der Waals surface area contributed by atoms with Crippen molar-refractivity contribution >= 4 is 35.1 Å². The second-order valence-corrected chi connectivity index (χ2v) is 4.60. The summed E-state index contributed by atoms with van der Waals surface area (Å²) in [6.07, 6.45) is 0. The van der Waals surface area contributed by atoms with E-state index in [1.54, 1.807) is 26.0 Å². The number of benzene rings is 1. The molecule has 0 aromatic heterocycles. The lowest BCUT2D eigenvalue weighted by Crippen LogP contribution is -2.38. The topological polar surface area (TPSA) is 57.7 Å². The molecule has 1 saturated heterocycles. The highest BCUT2D eigenvalue weighted by atomic mass is 35.5. The Bertz CT molecular complexity index is 525. The maximum absolute atomic E-state index is 12.0. The summed E-state index contributed by atoms with van der Waals surface area (Å²) in [4.78, 5) is 37.3. The highest BCUT2D eigenvalue weighted by Crippen LogP contribution is 2.24. The molecule has 1 aromatic carbocycles. The molecule has 5 nitrogen and oxygen atoms in total. The average molecular weight is 267 g/mol. The molecule has 0 N–H and O–H groups in total. The fourth-order valence-corrected chi connectivity index (χ4v) is 1.88. The van der Waals surface area contributed by atoms with E-state index in [-0.39, 0.29) is 6.04 Å². The van der Waals surface area contributed by atoms with Gasteiger partial charge in [0.2, 0.25) is 0 Å². The Morgan fingerprint density at radius 1 is 1.00 bits per heavy atom. The number of carbonyl (C=O) groups excluding carboxylic acids is 3. The van der Waals surface area contributed by atoms with Crippen molar-refractivity contribution in [3.8, 4) is 0 Å². The third kappa shape index (κ3) is 1.86. The number of carbonyl (C=O) groups is 3. The van der Waals surface area contributed by atoms with Crippen molar-refractivity contribution in [2.45, 2.75) is 19.9 Å². The Balaban J connectivity index is 2.40. The number of urea groups is 1. The standard InChI is InChI=1S/C12H11ClN2O3/c1-7(2)14-10(16)11(17)15(12(14)18)9-5-3-8(13)4-6-9/h3-7H,1-2H3. The number of amides is 4. The number of imide groups is 2. The van der Waals surface area contributed by atoms with Gasteiger partial charge >= 0.3 is 17.8 Å². The van der Waals surface area contributed by atoms with E-state index >= 15 is 0 Å². The van der Waals surface area contributed by atoms with E-state index in [4.69, 9.17) is 11.6 Å². The molecule has 0 radical (unpaired) electrons. The van der Waals surface area contributed by atoms with E-state index in [9.17, 15) is 14.4 Å². The van der Waals surface area contributed by atoms with E-state index in [0.29, 0.717) is 10.7 Å². The molecule has 1 fully saturated rings. The molecule has 6 heteroatoms. The summed E-state index contributed by atoms with van der Waals surface area (Å²) in [5.41, 5.74) is 0.339. The van der Waals surface area contributed by atoms with Crippen molar-refractivity contribution in [3.63, 3.8) is 0 Å². The van der Waals surface area contributed by atoms with Gasteiger partial charge in [-0.25, -0.2) is 9.69 Å². The molecular formula is C12H11ClN2O3. The quantitative estimate of drug-likeness (QED) is 0.608. The first-order valence-electron chi connectivity index (χ1n) is 5.40. The summed E-state index contributed by atoms with van der Waals surface area (Å²) in [5.74, 6) is -1.64. The van der Waals surface area contributed by atoms with Crippen molar-refractivity contribution in [3.05, 3.63) is 29.3 Å². The van der Waals surface area contributed by atoms with Crippen molar-refractivity contribution in [1.29, 1.82) is 0 Å². The molecule has 1 aliphatic heterocycles. The molecule has 0 spiro atoms. The molecule has 0 saturated carbocycles. The van der Waals surface area contributed by atoms with Crippen LogP contribution in [0.1, 0.15) is 13.8 Å². The lowest BCUT2D eigenvalue weighted by molar-refractivity contribution is -0.140. The molecule has 0 aliphatic carbocycles. The monoisotopic (exact) mass is 266 g/mol. The minimum atomic E-state index is -0.837. The first-order chi connectivity index (χ1) is 8.43. The molecule has 4 amide bonds. The Morgan fingerprint density at radius 3 is 2.00 bits per heavy atom. The van der Waals surface area contributed by atoms with E-state index in [0.717, 1.165) is 9.80 Å². The van der Waals surface area contributed by atoms with Crippen LogP contribution in [0, 0.1) is 0 Å². The molecule has 18 heavy (non-hydrogen) atoms. The van der Waals surface area contributed by atoms with Crippen LogP contribution in [0.25, 0.3) is 0 Å². The number of halogens is 1. The summed E-state index contributed by atoms with van der Waals surface area (Å²) in [6.45, 7) is 3.35. The minimum absolute atomic E-state index is 0.339. The largest absolute Gasteiger partial charge is 0.339 e. The van der Waals surface area contributed by atoms with Gasteiger partial charge in [-0.15, -0.1) is 0 Å². The predicted molar refractivity (Wildman–Crippen MR) is 66.3 cm³/mol. The predicted octanol–water partition coefficient (Wildman–Crippen LogP) is 2.04. The van der Waals surface area contributed by atoms with E-state index in [2.05, 4.69) is 0 Å². The fourth-order valence-electron chi connectivity index (χ4n) is 1.75. The van der Waals surface area contributed by atoms with E-state index in [1.807, 2.05) is 0 Å². The summed E-state index contributed by atoms with van der Waals surface area (Å²) in [6, 6.07) is 5.18. The Morgan fingerprint density at radius 2 is 1.56 bits per heavy atom. The maximum atomic E-state index is 12.0. The van der Waals surface area contributed by atoms with Gasteiger partial charge in [0.25, 0.3) is 0 Å². The van der Waals surface area contributed by atoms with Gasteiger partial charge in [-0.1, -0.05) is 11.6 Å². The van der Waals surface area contributed by atoms with Gasteiger partial charge in [-0.2, -0.15) is 0 Å². The molecule has 1 aliphatic rings. The highest BCUT2D eigenvalue weighted by molar-refractivity contribution is 6.52. The Labute approximate surface area is 109 Å². The van der Waals surface area contributed by atoms with Gasteiger partial charge in [0.05, 0.1) is 5.69 Å². The zero-order valence-corrected chi connectivity index (χ0v) is 10.6. The smallest absolute Gasteiger partial charge is 0.263 e. The minimum Gasteiger partial charge on any atom is -0.263 e. The van der Waals surface area contributed by atoms with Gasteiger partial charge < -0.3 is 0 Å². The maximum Gasteiger partial charge on any atom is 0.339 e. The van der Waals surface area contributed by atoms with E-state index in [1.165, 1.54) is 12.1 Å². The summed E-state index contributed by atoms with van der Waals surface area (Å²) in [5, 5.41) is 0.491. The van der Waals surface area contributed by atoms with Crippen LogP contribution >= 0.6 is 11.6 Å². The molecule has 1 aromatic rings. The molecule has 0 unspecified atom stereocenters. The van der Waals surface area contributed by atoms with Crippen LogP contribution in [0.15, 0.2) is 24.3 Å². The number of hydrogen-bond acceptors (Lipinski definition) is 3. The average Bonchev–Trinajstić information content (AvgIpc) is 2.52. The van der Waals surface area contributed by atoms with Crippen LogP contribution in [0.3, 0.4) is 0 Å². The van der Waals surface area contributed by atoms with Gasteiger partial charge in [-0.3, -0.25) is 14.5 Å². The summed E-state index contributed by atoms with van der Waals surface area (Å²) in [7, 11) is 0. The lowest BCUT2D eigenvalue weighted by atomic mass is 10.3. The van der Waals surface area contributed by atoms with Gasteiger partial charge in [-0.05, 0) is 38.1 Å². The van der Waals surface area contributed by atoms with Crippen molar-refractivity contribution in [2.75, 3.05) is 4.90 Å². The number of rotatable bonds is 2. The number of hydrogen-bond donors (Lipinski definition) is 0. The lowest BCUT2D eigenvalue weighted by Gasteiger charge is -2.18. The van der Waals surface area contributed by atoms with Gasteiger partial charge in [0.1, 0.15) is 0 Å². The SMILES string of the molecule is CC(C)N1C(=O)C(=O)N(c2ccc(Cl)cc2)C1=O. The highest BCUT2D eigenvalue weighted by Gasteiger charge is 2.46. The van der Waals surface area contributed by atoms with Crippen molar-refractivity contribution in [1.82, 2.24) is 4.90 Å². The van der Waals surface area contributed by atoms with Crippen molar-refractivity contribution in [2.24, 2.45) is 0 Å². The molecule has 1 heterocycles. The summed E-state index contributed by atoms with van der Waals surface area (Å²) >= 11 is 5.73. The zero-order chi connectivity index (χ0) is 13.4. The first kappa shape index (κ1) is 12.6. The third-order valence-corrected chi connectivity index (χ3v) is 2.86. The number of nitrogens with zero attached hydrogens (tertiary/aromatic N) is 2. The Hall–Kier alpha value is -1.88. The van der Waals surface area contributed by atoms with Crippen LogP contribution in [0.5, 0.6) is 0 Å². The van der Waals surface area contributed by atoms with Crippen LogP contribution in [-0.2, 0) is 9.59 Å². The second-order valence-electron chi connectivity index (χ2n) is 4.17. The van der Waals surface area contributed by atoms with Gasteiger partial charge in [0, 0.05) is 11.1 Å². The van der Waals surface area contributed by atoms with Crippen LogP contribution in [0.4, 0.5) is 10.5 Å².